The van der Waals surface area contributed by atoms with E-state index in [9.17, 15) is 4.79 Å². The van der Waals surface area contributed by atoms with Crippen LogP contribution in [0.4, 0.5) is 5.69 Å². The van der Waals surface area contributed by atoms with Crippen molar-refractivity contribution in [3.8, 4) is 5.75 Å². The van der Waals surface area contributed by atoms with Crippen LogP contribution >= 0.6 is 0 Å². The first kappa shape index (κ1) is 17.3. The van der Waals surface area contributed by atoms with Crippen LogP contribution in [-0.2, 0) is 11.2 Å². The SMILES string of the molecule is Cc1nccn2cc(C3Cc4ccc(N5CCN(C)CC5)cc4OC3=O)cc12. The molecule has 0 saturated carbocycles. The van der Waals surface area contributed by atoms with Gasteiger partial charge in [0.2, 0.25) is 0 Å². The number of fused-ring (bicyclic) bond motifs is 2. The van der Waals surface area contributed by atoms with Gasteiger partial charge in [-0.25, -0.2) is 0 Å². The Balaban J connectivity index is 1.42. The van der Waals surface area contributed by atoms with E-state index in [0.717, 1.165) is 54.2 Å². The molecule has 2 aromatic heterocycles. The minimum atomic E-state index is -0.277. The van der Waals surface area contributed by atoms with E-state index >= 15 is 0 Å². The van der Waals surface area contributed by atoms with Crippen molar-refractivity contribution in [3.05, 3.63) is 59.7 Å². The number of nitrogens with zero attached hydrogens (tertiary/aromatic N) is 4. The van der Waals surface area contributed by atoms with Crippen LogP contribution in [0, 0.1) is 6.92 Å². The second-order valence-electron chi connectivity index (χ2n) is 7.84. The number of ether oxygens (including phenoxy) is 1. The number of anilines is 1. The molecule has 1 saturated heterocycles. The van der Waals surface area contributed by atoms with E-state index in [1.54, 1.807) is 6.20 Å². The third-order valence-electron chi connectivity index (χ3n) is 5.98. The predicted octanol–water partition coefficient (Wildman–Crippen LogP) is 2.64. The van der Waals surface area contributed by atoms with E-state index in [4.69, 9.17) is 4.74 Å². The Morgan fingerprint density at radius 1 is 1.14 bits per heavy atom. The second kappa shape index (κ2) is 6.63. The van der Waals surface area contributed by atoms with Crippen molar-refractivity contribution < 1.29 is 9.53 Å². The van der Waals surface area contributed by atoms with E-state index in [-0.39, 0.29) is 11.9 Å². The van der Waals surface area contributed by atoms with Gasteiger partial charge in [-0.15, -0.1) is 0 Å². The Labute approximate surface area is 164 Å². The van der Waals surface area contributed by atoms with Crippen molar-refractivity contribution in [3.63, 3.8) is 0 Å². The number of piperazine rings is 1. The second-order valence-corrected chi connectivity index (χ2v) is 7.84. The van der Waals surface area contributed by atoms with Crippen LogP contribution in [-0.4, -0.2) is 53.5 Å². The normalized spacial score (nSPS) is 20.3. The van der Waals surface area contributed by atoms with Gasteiger partial charge < -0.3 is 18.9 Å². The average Bonchev–Trinajstić information content (AvgIpc) is 3.13. The van der Waals surface area contributed by atoms with Crippen molar-refractivity contribution in [1.29, 1.82) is 0 Å². The van der Waals surface area contributed by atoms with E-state index in [2.05, 4.69) is 40.0 Å². The summed E-state index contributed by atoms with van der Waals surface area (Å²) >= 11 is 0. The summed E-state index contributed by atoms with van der Waals surface area (Å²) in [5.41, 5.74) is 5.19. The van der Waals surface area contributed by atoms with Gasteiger partial charge in [0.1, 0.15) is 5.75 Å². The topological polar surface area (TPSA) is 50.1 Å². The maximum absolute atomic E-state index is 12.8. The number of hydrogen-bond acceptors (Lipinski definition) is 5. The highest BCUT2D eigenvalue weighted by molar-refractivity contribution is 5.84. The third-order valence-corrected chi connectivity index (χ3v) is 5.98. The van der Waals surface area contributed by atoms with Crippen LogP contribution in [0.25, 0.3) is 5.52 Å². The standard InChI is InChI=1S/C22H24N4O2/c1-15-20-12-17(14-26(20)6-5-23-15)19-11-16-3-4-18(13-21(16)28-22(19)27)25-9-7-24(2)8-10-25/h3-6,12-14,19H,7-11H2,1-2H3. The number of likely N-dealkylation sites (N-methyl/N-ethyl adjacent to an activating group) is 1. The average molecular weight is 376 g/mol. The Morgan fingerprint density at radius 2 is 1.96 bits per heavy atom. The molecule has 0 amide bonds. The highest BCUT2D eigenvalue weighted by Crippen LogP contribution is 2.36. The van der Waals surface area contributed by atoms with E-state index < -0.39 is 0 Å². The molecule has 5 rings (SSSR count). The molecular weight excluding hydrogens is 352 g/mol. The van der Waals surface area contributed by atoms with E-state index in [1.807, 2.05) is 29.8 Å². The van der Waals surface area contributed by atoms with E-state index in [1.165, 1.54) is 0 Å². The molecule has 0 N–H and O–H groups in total. The Morgan fingerprint density at radius 3 is 2.75 bits per heavy atom. The van der Waals surface area contributed by atoms with Crippen molar-refractivity contribution in [1.82, 2.24) is 14.3 Å². The van der Waals surface area contributed by atoms with Gasteiger partial charge in [0, 0.05) is 56.5 Å². The van der Waals surface area contributed by atoms with Crippen LogP contribution in [0.1, 0.15) is 22.7 Å². The summed E-state index contributed by atoms with van der Waals surface area (Å²) in [5, 5.41) is 0. The first-order valence-electron chi connectivity index (χ1n) is 9.80. The van der Waals surface area contributed by atoms with Gasteiger partial charge in [-0.05, 0) is 43.7 Å². The maximum atomic E-state index is 12.8. The Hall–Kier alpha value is -2.86. The number of hydrogen-bond donors (Lipinski definition) is 0. The van der Waals surface area contributed by atoms with Crippen molar-refractivity contribution in [2.24, 2.45) is 0 Å². The molecule has 0 aliphatic carbocycles. The van der Waals surface area contributed by atoms with Gasteiger partial charge in [0.05, 0.1) is 17.1 Å². The molecule has 1 unspecified atom stereocenters. The molecule has 0 radical (unpaired) electrons. The molecule has 3 aromatic rings. The highest BCUT2D eigenvalue weighted by Gasteiger charge is 2.31. The number of carbonyl (C=O) groups is 1. The fourth-order valence-electron chi connectivity index (χ4n) is 4.19. The monoisotopic (exact) mass is 376 g/mol. The summed E-state index contributed by atoms with van der Waals surface area (Å²) in [7, 11) is 2.15. The molecule has 0 bridgehead atoms. The van der Waals surface area contributed by atoms with Gasteiger partial charge in [-0.2, -0.15) is 0 Å². The van der Waals surface area contributed by atoms with Crippen LogP contribution in [0.15, 0.2) is 42.9 Å². The molecule has 28 heavy (non-hydrogen) atoms. The fourth-order valence-corrected chi connectivity index (χ4v) is 4.19. The third kappa shape index (κ3) is 2.94. The molecule has 4 heterocycles. The van der Waals surface area contributed by atoms with Gasteiger partial charge in [0.15, 0.2) is 0 Å². The van der Waals surface area contributed by atoms with Crippen LogP contribution in [0.2, 0.25) is 0 Å². The largest absolute Gasteiger partial charge is 0.426 e. The number of rotatable bonds is 2. The Kier molecular flexibility index (Phi) is 4.09. The van der Waals surface area contributed by atoms with Gasteiger partial charge in [0.25, 0.3) is 0 Å². The molecular formula is C22H24N4O2. The summed E-state index contributed by atoms with van der Waals surface area (Å²) in [4.78, 5) is 21.8. The highest BCUT2D eigenvalue weighted by atomic mass is 16.5. The molecule has 6 nitrogen and oxygen atoms in total. The first-order chi connectivity index (χ1) is 13.6. The lowest BCUT2D eigenvalue weighted by molar-refractivity contribution is -0.137. The maximum Gasteiger partial charge on any atom is 0.319 e. The van der Waals surface area contributed by atoms with Gasteiger partial charge in [-0.3, -0.25) is 9.78 Å². The van der Waals surface area contributed by atoms with Crippen molar-refractivity contribution >= 4 is 17.2 Å². The minimum Gasteiger partial charge on any atom is -0.426 e. The lowest BCUT2D eigenvalue weighted by Crippen LogP contribution is -2.44. The zero-order chi connectivity index (χ0) is 19.3. The minimum absolute atomic E-state index is 0.176. The summed E-state index contributed by atoms with van der Waals surface area (Å²) in [5.74, 6) is 0.255. The molecule has 144 valence electrons. The number of aromatic nitrogens is 2. The first-order valence-corrected chi connectivity index (χ1v) is 9.80. The smallest absolute Gasteiger partial charge is 0.319 e. The summed E-state index contributed by atoms with van der Waals surface area (Å²) in [6.07, 6.45) is 6.37. The quantitative estimate of drug-likeness (QED) is 0.508. The number of benzene rings is 1. The summed E-state index contributed by atoms with van der Waals surface area (Å²) in [6.45, 7) is 6.07. The molecule has 1 atom stereocenters. The zero-order valence-corrected chi connectivity index (χ0v) is 16.3. The number of carbonyl (C=O) groups excluding carboxylic acids is 1. The number of esters is 1. The lowest BCUT2D eigenvalue weighted by atomic mass is 9.91. The molecule has 2 aliphatic heterocycles. The molecule has 1 aromatic carbocycles. The molecule has 0 spiro atoms. The van der Waals surface area contributed by atoms with Crippen LogP contribution in [0.5, 0.6) is 5.75 Å². The molecule has 1 fully saturated rings. The lowest BCUT2D eigenvalue weighted by Gasteiger charge is -2.34. The number of aryl methyl sites for hydroxylation is 1. The summed E-state index contributed by atoms with van der Waals surface area (Å²) in [6, 6.07) is 8.35. The van der Waals surface area contributed by atoms with E-state index in [0.29, 0.717) is 12.2 Å². The van der Waals surface area contributed by atoms with Crippen molar-refractivity contribution in [2.75, 3.05) is 38.1 Å². The molecule has 2 aliphatic rings. The fraction of sp³-hybridized carbons (Fsp3) is 0.364. The van der Waals surface area contributed by atoms with Crippen molar-refractivity contribution in [2.45, 2.75) is 19.3 Å². The summed E-state index contributed by atoms with van der Waals surface area (Å²) < 4.78 is 7.80. The van der Waals surface area contributed by atoms with Crippen LogP contribution < -0.4 is 9.64 Å². The molecule has 6 heteroatoms. The van der Waals surface area contributed by atoms with Gasteiger partial charge >= 0.3 is 5.97 Å². The zero-order valence-electron chi connectivity index (χ0n) is 16.3. The van der Waals surface area contributed by atoms with Gasteiger partial charge in [-0.1, -0.05) is 6.07 Å². The van der Waals surface area contributed by atoms with Crippen LogP contribution in [0.3, 0.4) is 0 Å². The Bertz CT molecular complexity index is 1050. The predicted molar refractivity (Wildman–Crippen MR) is 108 cm³/mol.